The Morgan fingerprint density at radius 2 is 1.85 bits per heavy atom. The van der Waals surface area contributed by atoms with Crippen LogP contribution in [0.3, 0.4) is 0 Å². The van der Waals surface area contributed by atoms with E-state index in [1.54, 1.807) is 42.5 Å². The molecule has 0 radical (unpaired) electrons. The van der Waals surface area contributed by atoms with Crippen LogP contribution in [0.15, 0.2) is 48.5 Å². The Bertz CT molecular complexity index is 666. The summed E-state index contributed by atoms with van der Waals surface area (Å²) in [4.78, 5) is 10.6. The van der Waals surface area contributed by atoms with E-state index in [2.05, 4.69) is 0 Å². The highest BCUT2D eigenvalue weighted by Crippen LogP contribution is 2.31. The van der Waals surface area contributed by atoms with Crippen molar-refractivity contribution >= 4 is 35.2 Å². The maximum Gasteiger partial charge on any atom is 0.328 e. The summed E-state index contributed by atoms with van der Waals surface area (Å²) in [7, 11) is 0. The Morgan fingerprint density at radius 1 is 1.10 bits per heavy atom. The topological polar surface area (TPSA) is 46.5 Å². The Balaban J connectivity index is 2.29. The summed E-state index contributed by atoms with van der Waals surface area (Å²) in [6.45, 7) is 0. The van der Waals surface area contributed by atoms with Crippen molar-refractivity contribution in [3.63, 3.8) is 0 Å². The number of carboxylic acid groups (broad SMARTS) is 1. The van der Waals surface area contributed by atoms with Crippen LogP contribution in [0.25, 0.3) is 6.08 Å². The summed E-state index contributed by atoms with van der Waals surface area (Å²) in [5.74, 6) is 0.0355. The zero-order valence-corrected chi connectivity index (χ0v) is 11.7. The van der Waals surface area contributed by atoms with Crippen molar-refractivity contribution in [1.82, 2.24) is 0 Å². The fourth-order valence-electron chi connectivity index (χ4n) is 1.54. The van der Waals surface area contributed by atoms with Crippen molar-refractivity contribution in [3.05, 3.63) is 64.1 Å². The Kier molecular flexibility index (Phi) is 4.66. The molecule has 0 aliphatic carbocycles. The minimum Gasteiger partial charge on any atom is -0.478 e. The maximum absolute atomic E-state index is 10.6. The third-order valence-corrected chi connectivity index (χ3v) is 3.18. The highest BCUT2D eigenvalue weighted by atomic mass is 35.5. The van der Waals surface area contributed by atoms with E-state index in [0.717, 1.165) is 6.08 Å². The molecule has 0 amide bonds. The second-order valence-corrected chi connectivity index (χ2v) is 4.70. The van der Waals surface area contributed by atoms with Gasteiger partial charge in [0.15, 0.2) is 0 Å². The summed E-state index contributed by atoms with van der Waals surface area (Å²) in [6.07, 6.45) is 2.52. The molecule has 1 N–H and O–H groups in total. The van der Waals surface area contributed by atoms with Crippen LogP contribution in [-0.2, 0) is 4.79 Å². The van der Waals surface area contributed by atoms with Crippen molar-refractivity contribution in [1.29, 1.82) is 0 Å². The van der Waals surface area contributed by atoms with Gasteiger partial charge in [-0.15, -0.1) is 0 Å². The minimum atomic E-state index is -1.02. The third kappa shape index (κ3) is 3.76. The smallest absolute Gasteiger partial charge is 0.328 e. The molecule has 0 aliphatic rings. The molecule has 2 aromatic rings. The van der Waals surface area contributed by atoms with E-state index in [9.17, 15) is 4.79 Å². The summed E-state index contributed by atoms with van der Waals surface area (Å²) in [5, 5.41) is 9.50. The SMILES string of the molecule is O=C(O)C=Cc1ccccc1Oc1ccc(Cl)c(Cl)c1. The number of rotatable bonds is 4. The van der Waals surface area contributed by atoms with Crippen LogP contribution >= 0.6 is 23.2 Å². The van der Waals surface area contributed by atoms with Gasteiger partial charge in [-0.3, -0.25) is 0 Å². The lowest BCUT2D eigenvalue weighted by molar-refractivity contribution is -0.131. The van der Waals surface area contributed by atoms with Gasteiger partial charge < -0.3 is 9.84 Å². The summed E-state index contributed by atoms with van der Waals surface area (Å²) >= 11 is 11.8. The van der Waals surface area contributed by atoms with Gasteiger partial charge in [-0.2, -0.15) is 0 Å². The lowest BCUT2D eigenvalue weighted by atomic mass is 10.2. The number of hydrogen-bond acceptors (Lipinski definition) is 2. The third-order valence-electron chi connectivity index (χ3n) is 2.44. The largest absolute Gasteiger partial charge is 0.478 e. The van der Waals surface area contributed by atoms with Gasteiger partial charge in [0.25, 0.3) is 0 Å². The zero-order chi connectivity index (χ0) is 14.5. The lowest BCUT2D eigenvalue weighted by Crippen LogP contribution is -1.89. The van der Waals surface area contributed by atoms with Crippen LogP contribution in [-0.4, -0.2) is 11.1 Å². The molecule has 5 heteroatoms. The van der Waals surface area contributed by atoms with Crippen molar-refractivity contribution in [3.8, 4) is 11.5 Å². The van der Waals surface area contributed by atoms with E-state index in [-0.39, 0.29) is 0 Å². The molecule has 102 valence electrons. The van der Waals surface area contributed by atoms with Gasteiger partial charge in [0.2, 0.25) is 0 Å². The van der Waals surface area contributed by atoms with Crippen LogP contribution in [0.5, 0.6) is 11.5 Å². The number of carboxylic acids is 1. The number of para-hydroxylation sites is 1. The van der Waals surface area contributed by atoms with E-state index in [1.165, 1.54) is 6.08 Å². The molecule has 0 unspecified atom stereocenters. The monoisotopic (exact) mass is 308 g/mol. The molecule has 0 atom stereocenters. The number of ether oxygens (including phenoxy) is 1. The predicted molar refractivity (Wildman–Crippen MR) is 79.6 cm³/mol. The minimum absolute atomic E-state index is 0.391. The van der Waals surface area contributed by atoms with Crippen LogP contribution in [0.1, 0.15) is 5.56 Å². The molecule has 0 aliphatic heterocycles. The van der Waals surface area contributed by atoms with Gasteiger partial charge >= 0.3 is 5.97 Å². The van der Waals surface area contributed by atoms with E-state index in [0.29, 0.717) is 27.1 Å². The Hall–Kier alpha value is -1.97. The average molecular weight is 309 g/mol. The lowest BCUT2D eigenvalue weighted by Gasteiger charge is -2.09. The zero-order valence-electron chi connectivity index (χ0n) is 10.2. The summed E-state index contributed by atoms with van der Waals surface area (Å²) in [5.41, 5.74) is 0.654. The molecule has 0 saturated heterocycles. The van der Waals surface area contributed by atoms with Gasteiger partial charge in [0, 0.05) is 17.7 Å². The summed E-state index contributed by atoms with van der Waals surface area (Å²) in [6, 6.07) is 12.0. The van der Waals surface area contributed by atoms with Gasteiger partial charge in [0.1, 0.15) is 11.5 Å². The van der Waals surface area contributed by atoms with Crippen molar-refractivity contribution in [2.45, 2.75) is 0 Å². The van der Waals surface area contributed by atoms with Crippen LogP contribution in [0, 0.1) is 0 Å². The van der Waals surface area contributed by atoms with Gasteiger partial charge in [0.05, 0.1) is 10.0 Å². The number of halogens is 2. The normalized spacial score (nSPS) is 10.7. The highest BCUT2D eigenvalue weighted by Gasteiger charge is 2.05. The molecule has 0 fully saturated rings. The predicted octanol–water partition coefficient (Wildman–Crippen LogP) is 4.88. The molecule has 0 saturated carbocycles. The molecule has 0 heterocycles. The van der Waals surface area contributed by atoms with Gasteiger partial charge in [-0.05, 0) is 24.3 Å². The number of hydrogen-bond donors (Lipinski definition) is 1. The summed E-state index contributed by atoms with van der Waals surface area (Å²) < 4.78 is 5.69. The van der Waals surface area contributed by atoms with Gasteiger partial charge in [-0.1, -0.05) is 41.4 Å². The molecule has 2 aromatic carbocycles. The van der Waals surface area contributed by atoms with E-state index in [1.807, 2.05) is 0 Å². The van der Waals surface area contributed by atoms with E-state index < -0.39 is 5.97 Å². The first-order valence-corrected chi connectivity index (χ1v) is 6.45. The first-order chi connectivity index (χ1) is 9.56. The second kappa shape index (κ2) is 6.46. The van der Waals surface area contributed by atoms with Crippen LogP contribution < -0.4 is 4.74 Å². The molecule has 0 aromatic heterocycles. The molecular weight excluding hydrogens is 299 g/mol. The standard InChI is InChI=1S/C15H10Cl2O3/c16-12-7-6-11(9-13(12)17)20-14-4-2-1-3-10(14)5-8-15(18)19/h1-9H,(H,18,19). The highest BCUT2D eigenvalue weighted by molar-refractivity contribution is 6.42. The second-order valence-electron chi connectivity index (χ2n) is 3.89. The molecular formula is C15H10Cl2O3. The molecule has 0 spiro atoms. The van der Waals surface area contributed by atoms with Crippen LogP contribution in [0.4, 0.5) is 0 Å². The first-order valence-electron chi connectivity index (χ1n) is 5.69. The Morgan fingerprint density at radius 3 is 2.55 bits per heavy atom. The van der Waals surface area contributed by atoms with Crippen LogP contribution in [0.2, 0.25) is 10.0 Å². The first kappa shape index (κ1) is 14.4. The number of benzene rings is 2. The molecule has 20 heavy (non-hydrogen) atoms. The van der Waals surface area contributed by atoms with Crippen molar-refractivity contribution < 1.29 is 14.6 Å². The Labute approximate surface area is 126 Å². The quantitative estimate of drug-likeness (QED) is 0.818. The van der Waals surface area contributed by atoms with Crippen molar-refractivity contribution in [2.75, 3.05) is 0 Å². The fraction of sp³-hybridized carbons (Fsp3) is 0. The van der Waals surface area contributed by atoms with E-state index in [4.69, 9.17) is 33.0 Å². The molecule has 2 rings (SSSR count). The van der Waals surface area contributed by atoms with E-state index >= 15 is 0 Å². The van der Waals surface area contributed by atoms with Crippen molar-refractivity contribution in [2.24, 2.45) is 0 Å². The molecule has 0 bridgehead atoms. The average Bonchev–Trinajstić information content (AvgIpc) is 2.42. The molecule has 3 nitrogen and oxygen atoms in total. The fourth-order valence-corrected chi connectivity index (χ4v) is 1.83. The maximum atomic E-state index is 10.6. The number of carbonyl (C=O) groups is 1. The van der Waals surface area contributed by atoms with Gasteiger partial charge in [-0.25, -0.2) is 4.79 Å². The number of aliphatic carboxylic acids is 1.